The van der Waals surface area contributed by atoms with Crippen molar-refractivity contribution in [3.05, 3.63) is 29.0 Å². The van der Waals surface area contributed by atoms with Crippen LogP contribution < -0.4 is 5.32 Å². The van der Waals surface area contributed by atoms with Crippen molar-refractivity contribution in [1.29, 1.82) is 0 Å². The second-order valence-electron chi connectivity index (χ2n) is 4.59. The van der Waals surface area contributed by atoms with Gasteiger partial charge in [-0.25, -0.2) is 4.98 Å². The van der Waals surface area contributed by atoms with Gasteiger partial charge in [-0.15, -0.1) is 0 Å². The highest BCUT2D eigenvalue weighted by Crippen LogP contribution is 2.29. The van der Waals surface area contributed by atoms with Crippen LogP contribution in [0, 0.1) is 0 Å². The molecule has 1 aliphatic carbocycles. The molecule has 0 spiro atoms. The minimum atomic E-state index is -0.0614. The van der Waals surface area contributed by atoms with Gasteiger partial charge in [0.05, 0.1) is 0 Å². The van der Waals surface area contributed by atoms with Gasteiger partial charge in [-0.1, -0.05) is 24.4 Å². The van der Waals surface area contributed by atoms with Crippen LogP contribution in [0.25, 0.3) is 0 Å². The zero-order valence-electron chi connectivity index (χ0n) is 9.29. The molecule has 4 heteroatoms. The van der Waals surface area contributed by atoms with Crippen LogP contribution in [-0.4, -0.2) is 16.4 Å². The number of carbonyl (C=O) groups is 1. The van der Waals surface area contributed by atoms with E-state index in [4.69, 9.17) is 11.6 Å². The first-order chi connectivity index (χ1) is 7.59. The van der Waals surface area contributed by atoms with E-state index in [0.29, 0.717) is 10.7 Å². The number of halogens is 1. The molecular formula is C12H15ClN2O. The number of aromatic nitrogens is 1. The van der Waals surface area contributed by atoms with E-state index < -0.39 is 0 Å². The Labute approximate surface area is 100 Å². The summed E-state index contributed by atoms with van der Waals surface area (Å²) < 4.78 is 0. The Balaban J connectivity index is 2.08. The van der Waals surface area contributed by atoms with E-state index >= 15 is 0 Å². The molecule has 1 saturated carbocycles. The van der Waals surface area contributed by atoms with Crippen molar-refractivity contribution in [2.45, 2.75) is 38.1 Å². The largest absolute Gasteiger partial charge is 0.347 e. The lowest BCUT2D eigenvalue weighted by atomic mass is 10.0. The molecule has 0 unspecified atom stereocenters. The first-order valence-electron chi connectivity index (χ1n) is 5.53. The van der Waals surface area contributed by atoms with Crippen molar-refractivity contribution in [1.82, 2.24) is 10.3 Å². The molecule has 1 aliphatic rings. The number of hydrogen-bond acceptors (Lipinski definition) is 2. The average Bonchev–Trinajstić information content (AvgIpc) is 2.65. The van der Waals surface area contributed by atoms with E-state index in [0.717, 1.165) is 12.8 Å². The van der Waals surface area contributed by atoms with Gasteiger partial charge in [0.25, 0.3) is 5.91 Å². The van der Waals surface area contributed by atoms with Gasteiger partial charge in [0.2, 0.25) is 0 Å². The van der Waals surface area contributed by atoms with Crippen LogP contribution in [0.15, 0.2) is 18.3 Å². The van der Waals surface area contributed by atoms with E-state index in [-0.39, 0.29) is 11.4 Å². The van der Waals surface area contributed by atoms with Gasteiger partial charge in [0.1, 0.15) is 5.15 Å². The van der Waals surface area contributed by atoms with Gasteiger partial charge < -0.3 is 5.32 Å². The molecule has 1 aromatic rings. The number of pyridine rings is 1. The third-order valence-corrected chi connectivity index (χ3v) is 3.32. The summed E-state index contributed by atoms with van der Waals surface area (Å²) in [5.74, 6) is -0.0614. The smallest absolute Gasteiger partial charge is 0.251 e. The summed E-state index contributed by atoms with van der Waals surface area (Å²) >= 11 is 5.75. The SMILES string of the molecule is CC1(NC(=O)c2ccnc(Cl)c2)CCCC1. The van der Waals surface area contributed by atoms with Gasteiger partial charge in [-0.3, -0.25) is 4.79 Å². The molecule has 1 N–H and O–H groups in total. The van der Waals surface area contributed by atoms with Crippen LogP contribution in [-0.2, 0) is 0 Å². The van der Waals surface area contributed by atoms with E-state index in [1.807, 2.05) is 0 Å². The van der Waals surface area contributed by atoms with Crippen LogP contribution in [0.5, 0.6) is 0 Å². The lowest BCUT2D eigenvalue weighted by molar-refractivity contribution is 0.0908. The quantitative estimate of drug-likeness (QED) is 0.805. The molecule has 86 valence electrons. The van der Waals surface area contributed by atoms with E-state index in [1.54, 1.807) is 18.3 Å². The van der Waals surface area contributed by atoms with Crippen molar-refractivity contribution >= 4 is 17.5 Å². The van der Waals surface area contributed by atoms with Crippen molar-refractivity contribution in [2.24, 2.45) is 0 Å². The number of amides is 1. The molecule has 0 saturated heterocycles. The third kappa shape index (κ3) is 2.53. The van der Waals surface area contributed by atoms with Crippen molar-refractivity contribution in [2.75, 3.05) is 0 Å². The van der Waals surface area contributed by atoms with Gasteiger partial charge in [0.15, 0.2) is 0 Å². The lowest BCUT2D eigenvalue weighted by Gasteiger charge is -2.25. The zero-order chi connectivity index (χ0) is 11.6. The number of nitrogens with zero attached hydrogens (tertiary/aromatic N) is 1. The summed E-state index contributed by atoms with van der Waals surface area (Å²) in [7, 11) is 0. The molecule has 0 aromatic carbocycles. The van der Waals surface area contributed by atoms with Crippen molar-refractivity contribution < 1.29 is 4.79 Å². The maximum absolute atomic E-state index is 12.0. The summed E-state index contributed by atoms with van der Waals surface area (Å²) in [6, 6.07) is 3.27. The summed E-state index contributed by atoms with van der Waals surface area (Å²) in [6.07, 6.45) is 6.03. The molecular weight excluding hydrogens is 224 g/mol. The highest BCUT2D eigenvalue weighted by atomic mass is 35.5. The lowest BCUT2D eigenvalue weighted by Crippen LogP contribution is -2.43. The number of carbonyl (C=O) groups excluding carboxylic acids is 1. The molecule has 1 fully saturated rings. The standard InChI is InChI=1S/C12H15ClN2O/c1-12(5-2-3-6-12)15-11(16)9-4-7-14-10(13)8-9/h4,7-8H,2-3,5-6H2,1H3,(H,15,16). The van der Waals surface area contributed by atoms with Gasteiger partial charge in [0, 0.05) is 17.3 Å². The predicted molar refractivity (Wildman–Crippen MR) is 63.6 cm³/mol. The highest BCUT2D eigenvalue weighted by Gasteiger charge is 2.30. The van der Waals surface area contributed by atoms with Crippen LogP contribution >= 0.6 is 11.6 Å². The Bertz CT molecular complexity index is 400. The topological polar surface area (TPSA) is 42.0 Å². The third-order valence-electron chi connectivity index (χ3n) is 3.11. The molecule has 0 bridgehead atoms. The maximum atomic E-state index is 12.0. The Morgan fingerprint density at radius 3 is 2.81 bits per heavy atom. The fourth-order valence-corrected chi connectivity index (χ4v) is 2.34. The van der Waals surface area contributed by atoms with Crippen molar-refractivity contribution in [3.8, 4) is 0 Å². The molecule has 2 rings (SSSR count). The molecule has 0 aliphatic heterocycles. The molecule has 1 amide bonds. The summed E-state index contributed by atoms with van der Waals surface area (Å²) in [5.41, 5.74) is 0.528. The van der Waals surface area contributed by atoms with Crippen LogP contribution in [0.3, 0.4) is 0 Å². The predicted octanol–water partition coefficient (Wildman–Crippen LogP) is 2.80. The Morgan fingerprint density at radius 2 is 2.19 bits per heavy atom. The summed E-state index contributed by atoms with van der Waals surface area (Å²) in [4.78, 5) is 15.8. The summed E-state index contributed by atoms with van der Waals surface area (Å²) in [6.45, 7) is 2.10. The molecule has 16 heavy (non-hydrogen) atoms. The minimum absolute atomic E-state index is 0.0488. The first kappa shape index (κ1) is 11.4. The van der Waals surface area contributed by atoms with Gasteiger partial charge >= 0.3 is 0 Å². The fraction of sp³-hybridized carbons (Fsp3) is 0.500. The monoisotopic (exact) mass is 238 g/mol. The fourth-order valence-electron chi connectivity index (χ4n) is 2.17. The van der Waals surface area contributed by atoms with Crippen LogP contribution in [0.2, 0.25) is 5.15 Å². The number of nitrogens with one attached hydrogen (secondary N) is 1. The molecule has 1 aromatic heterocycles. The van der Waals surface area contributed by atoms with Crippen molar-refractivity contribution in [3.63, 3.8) is 0 Å². The second-order valence-corrected chi connectivity index (χ2v) is 4.98. The average molecular weight is 239 g/mol. The van der Waals surface area contributed by atoms with E-state index in [2.05, 4.69) is 17.2 Å². The molecule has 0 atom stereocenters. The Morgan fingerprint density at radius 1 is 1.50 bits per heavy atom. The molecule has 0 radical (unpaired) electrons. The first-order valence-corrected chi connectivity index (χ1v) is 5.91. The van der Waals surface area contributed by atoms with Crippen LogP contribution in [0.4, 0.5) is 0 Å². The summed E-state index contributed by atoms with van der Waals surface area (Å²) in [5, 5.41) is 3.42. The number of hydrogen-bond donors (Lipinski definition) is 1. The highest BCUT2D eigenvalue weighted by molar-refractivity contribution is 6.29. The molecule has 1 heterocycles. The number of rotatable bonds is 2. The van der Waals surface area contributed by atoms with E-state index in [1.165, 1.54) is 12.8 Å². The van der Waals surface area contributed by atoms with E-state index in [9.17, 15) is 4.79 Å². The van der Waals surface area contributed by atoms with Gasteiger partial charge in [-0.2, -0.15) is 0 Å². The zero-order valence-corrected chi connectivity index (χ0v) is 10.0. The maximum Gasteiger partial charge on any atom is 0.251 e. The Hall–Kier alpha value is -1.09. The normalized spacial score (nSPS) is 18.4. The van der Waals surface area contributed by atoms with Crippen LogP contribution in [0.1, 0.15) is 43.0 Å². The second kappa shape index (κ2) is 4.42. The minimum Gasteiger partial charge on any atom is -0.347 e. The van der Waals surface area contributed by atoms with Gasteiger partial charge in [-0.05, 0) is 31.9 Å². The molecule has 3 nitrogen and oxygen atoms in total. The Kier molecular flexibility index (Phi) is 3.15.